The van der Waals surface area contributed by atoms with E-state index in [0.29, 0.717) is 0 Å². The zero-order valence-electron chi connectivity index (χ0n) is 12.3. The monoisotopic (exact) mass is 293 g/mol. The standard InChI is InChI=1S/C15H19NO5/c1-15(2,3)21-14(20)16-11(12(17)13(18)19)9-10-7-5-4-6-8-10/h4-8,11H,9H2,1-3H3,(H,16,20)(H,18,19)/t11-/m0/s1. The number of hydrogen-bond acceptors (Lipinski definition) is 4. The van der Waals surface area contributed by atoms with Crippen molar-refractivity contribution in [2.75, 3.05) is 0 Å². The summed E-state index contributed by atoms with van der Waals surface area (Å²) in [4.78, 5) is 34.2. The highest BCUT2D eigenvalue weighted by molar-refractivity contribution is 6.35. The van der Waals surface area contributed by atoms with Crippen LogP contribution in [0.1, 0.15) is 26.3 Å². The van der Waals surface area contributed by atoms with Crippen molar-refractivity contribution >= 4 is 17.8 Å². The number of ether oxygens (including phenoxy) is 1. The lowest BCUT2D eigenvalue weighted by Crippen LogP contribution is -2.47. The van der Waals surface area contributed by atoms with Crippen molar-refractivity contribution in [3.63, 3.8) is 0 Å². The predicted octanol–water partition coefficient (Wildman–Crippen LogP) is 1.78. The summed E-state index contributed by atoms with van der Waals surface area (Å²) in [6.07, 6.45) is -0.733. The van der Waals surface area contributed by atoms with E-state index in [0.717, 1.165) is 5.56 Å². The zero-order valence-corrected chi connectivity index (χ0v) is 12.3. The van der Waals surface area contributed by atoms with Crippen LogP contribution in [0, 0.1) is 0 Å². The average Bonchev–Trinajstić information content (AvgIpc) is 2.36. The van der Waals surface area contributed by atoms with Crippen molar-refractivity contribution in [3.8, 4) is 0 Å². The molecular weight excluding hydrogens is 274 g/mol. The minimum Gasteiger partial charge on any atom is -0.475 e. The molecule has 114 valence electrons. The first-order valence-electron chi connectivity index (χ1n) is 6.49. The molecule has 1 rings (SSSR count). The first-order valence-corrected chi connectivity index (χ1v) is 6.49. The number of hydrogen-bond donors (Lipinski definition) is 2. The molecule has 0 fully saturated rings. The van der Waals surface area contributed by atoms with Gasteiger partial charge in [-0.05, 0) is 26.3 Å². The van der Waals surface area contributed by atoms with Crippen molar-refractivity contribution in [1.82, 2.24) is 5.32 Å². The van der Waals surface area contributed by atoms with Gasteiger partial charge in [0.05, 0.1) is 0 Å². The van der Waals surface area contributed by atoms with Gasteiger partial charge in [0.2, 0.25) is 0 Å². The maximum atomic E-state index is 11.7. The van der Waals surface area contributed by atoms with E-state index in [2.05, 4.69) is 5.32 Å². The topological polar surface area (TPSA) is 92.7 Å². The molecule has 0 spiro atoms. The number of carbonyl (C=O) groups is 3. The highest BCUT2D eigenvalue weighted by Gasteiger charge is 2.28. The fourth-order valence-corrected chi connectivity index (χ4v) is 1.66. The van der Waals surface area contributed by atoms with Gasteiger partial charge in [-0.1, -0.05) is 30.3 Å². The summed E-state index contributed by atoms with van der Waals surface area (Å²) in [7, 11) is 0. The van der Waals surface area contributed by atoms with E-state index in [1.807, 2.05) is 0 Å². The Balaban J connectivity index is 2.81. The smallest absolute Gasteiger partial charge is 0.408 e. The number of amides is 1. The van der Waals surface area contributed by atoms with Crippen LogP contribution in [0.5, 0.6) is 0 Å². The third-order valence-electron chi connectivity index (χ3n) is 2.50. The Morgan fingerprint density at radius 2 is 1.76 bits per heavy atom. The molecule has 0 bridgehead atoms. The SMILES string of the molecule is CC(C)(C)OC(=O)N[C@@H](Cc1ccccc1)C(=O)C(=O)O. The number of Topliss-reactive ketones (excluding diaryl/α,β-unsaturated/α-hetero) is 1. The lowest BCUT2D eigenvalue weighted by molar-refractivity contribution is -0.150. The summed E-state index contributed by atoms with van der Waals surface area (Å²) in [6.45, 7) is 5.04. The molecule has 0 radical (unpaired) electrons. The highest BCUT2D eigenvalue weighted by atomic mass is 16.6. The Kier molecular flexibility index (Phi) is 5.46. The average molecular weight is 293 g/mol. The van der Waals surface area contributed by atoms with Crippen LogP contribution >= 0.6 is 0 Å². The van der Waals surface area contributed by atoms with E-state index in [1.165, 1.54) is 0 Å². The van der Waals surface area contributed by atoms with Gasteiger partial charge in [0.15, 0.2) is 0 Å². The Hall–Kier alpha value is -2.37. The number of rotatable bonds is 5. The van der Waals surface area contributed by atoms with Crippen LogP contribution in [0.4, 0.5) is 4.79 Å². The molecule has 1 amide bonds. The molecule has 2 N–H and O–H groups in total. The molecule has 0 heterocycles. The summed E-state index contributed by atoms with van der Waals surface area (Å²) in [5.41, 5.74) is 0.0151. The lowest BCUT2D eigenvalue weighted by atomic mass is 10.0. The van der Waals surface area contributed by atoms with Gasteiger partial charge in [-0.15, -0.1) is 0 Å². The van der Waals surface area contributed by atoms with Crippen LogP contribution in [0.25, 0.3) is 0 Å². The van der Waals surface area contributed by atoms with E-state index in [4.69, 9.17) is 9.84 Å². The number of carbonyl (C=O) groups excluding carboxylic acids is 2. The van der Waals surface area contributed by atoms with E-state index in [-0.39, 0.29) is 6.42 Å². The molecule has 21 heavy (non-hydrogen) atoms. The van der Waals surface area contributed by atoms with Crippen LogP contribution < -0.4 is 5.32 Å². The number of nitrogens with one attached hydrogen (secondary N) is 1. The maximum absolute atomic E-state index is 11.7. The van der Waals surface area contributed by atoms with Gasteiger partial charge >= 0.3 is 12.1 Å². The van der Waals surface area contributed by atoms with Gasteiger partial charge in [0.1, 0.15) is 11.6 Å². The van der Waals surface area contributed by atoms with E-state index in [9.17, 15) is 14.4 Å². The number of aliphatic carboxylic acids is 1. The molecule has 1 atom stereocenters. The molecule has 0 unspecified atom stereocenters. The summed E-state index contributed by atoms with van der Waals surface area (Å²) >= 11 is 0. The summed E-state index contributed by atoms with van der Waals surface area (Å²) in [5.74, 6) is -2.67. The van der Waals surface area contributed by atoms with Crippen LogP contribution in [0.3, 0.4) is 0 Å². The largest absolute Gasteiger partial charge is 0.475 e. The molecule has 0 aliphatic heterocycles. The zero-order chi connectivity index (χ0) is 16.0. The number of carboxylic acids is 1. The van der Waals surface area contributed by atoms with Crippen molar-refractivity contribution in [2.24, 2.45) is 0 Å². The third kappa shape index (κ3) is 6.07. The molecule has 0 aliphatic carbocycles. The normalized spacial score (nSPS) is 12.3. The molecule has 0 aromatic heterocycles. The Morgan fingerprint density at radius 1 is 1.19 bits per heavy atom. The minimum atomic E-state index is -1.59. The molecule has 6 nitrogen and oxygen atoms in total. The fraction of sp³-hybridized carbons (Fsp3) is 0.400. The molecule has 0 saturated heterocycles. The second kappa shape index (κ2) is 6.88. The van der Waals surface area contributed by atoms with Gasteiger partial charge < -0.3 is 15.2 Å². The molecule has 1 aromatic carbocycles. The van der Waals surface area contributed by atoms with Crippen LogP contribution in [0.2, 0.25) is 0 Å². The van der Waals surface area contributed by atoms with Crippen LogP contribution in [-0.4, -0.2) is 34.6 Å². The highest BCUT2D eigenvalue weighted by Crippen LogP contribution is 2.09. The fourth-order valence-electron chi connectivity index (χ4n) is 1.66. The van der Waals surface area contributed by atoms with Gasteiger partial charge in [-0.25, -0.2) is 9.59 Å². The van der Waals surface area contributed by atoms with Crippen molar-refractivity contribution in [2.45, 2.75) is 38.8 Å². The van der Waals surface area contributed by atoms with Crippen LogP contribution in [0.15, 0.2) is 30.3 Å². The number of alkyl carbamates (subject to hydrolysis) is 1. The molecule has 6 heteroatoms. The number of benzene rings is 1. The van der Waals surface area contributed by atoms with Crippen molar-refractivity contribution in [3.05, 3.63) is 35.9 Å². The first-order chi connectivity index (χ1) is 9.69. The van der Waals surface area contributed by atoms with E-state index in [1.54, 1.807) is 51.1 Å². The number of carboxylic acid groups (broad SMARTS) is 1. The molecular formula is C15H19NO5. The van der Waals surface area contributed by atoms with Crippen molar-refractivity contribution < 1.29 is 24.2 Å². The quantitative estimate of drug-likeness (QED) is 0.807. The van der Waals surface area contributed by atoms with Gasteiger partial charge in [0, 0.05) is 6.42 Å². The van der Waals surface area contributed by atoms with E-state index < -0.39 is 29.5 Å². The Bertz CT molecular complexity index is 519. The molecule has 1 aromatic rings. The van der Waals surface area contributed by atoms with Gasteiger partial charge in [-0.2, -0.15) is 0 Å². The second-order valence-electron chi connectivity index (χ2n) is 5.56. The van der Waals surface area contributed by atoms with Crippen LogP contribution in [-0.2, 0) is 20.7 Å². The molecule has 0 aliphatic rings. The third-order valence-corrected chi connectivity index (χ3v) is 2.50. The summed E-state index contributed by atoms with van der Waals surface area (Å²) < 4.78 is 5.04. The first kappa shape index (κ1) is 16.7. The summed E-state index contributed by atoms with van der Waals surface area (Å²) in [5, 5.41) is 11.1. The lowest BCUT2D eigenvalue weighted by Gasteiger charge is -2.22. The predicted molar refractivity (Wildman–Crippen MR) is 75.9 cm³/mol. The van der Waals surface area contributed by atoms with E-state index >= 15 is 0 Å². The minimum absolute atomic E-state index is 0.0885. The Labute approximate surface area is 123 Å². The maximum Gasteiger partial charge on any atom is 0.408 e. The summed E-state index contributed by atoms with van der Waals surface area (Å²) in [6, 6.07) is 7.67. The number of ketones is 1. The second-order valence-corrected chi connectivity index (χ2v) is 5.56. The Morgan fingerprint density at radius 3 is 2.24 bits per heavy atom. The van der Waals surface area contributed by atoms with Gasteiger partial charge in [0.25, 0.3) is 5.78 Å². The van der Waals surface area contributed by atoms with Crippen molar-refractivity contribution in [1.29, 1.82) is 0 Å². The van der Waals surface area contributed by atoms with Gasteiger partial charge in [-0.3, -0.25) is 4.79 Å². The molecule has 0 saturated carbocycles.